The van der Waals surface area contributed by atoms with Crippen molar-refractivity contribution in [2.75, 3.05) is 37.6 Å². The molecule has 3 aliphatic rings. The van der Waals surface area contributed by atoms with Crippen molar-refractivity contribution in [1.82, 2.24) is 4.90 Å². The molecule has 2 bridgehead atoms. The SMILES string of the molecule is CC1(C)[C@@H]2CC[C@@]1([C@H](O)CN1CCN(c3ccccc3)CC1)C(=O)C2. The maximum atomic E-state index is 12.7. The highest BCUT2D eigenvalue weighted by Gasteiger charge is 2.67. The number of anilines is 1. The third-order valence-corrected chi connectivity index (χ3v) is 7.48. The van der Waals surface area contributed by atoms with Crippen molar-refractivity contribution in [2.45, 2.75) is 39.2 Å². The molecule has 0 unspecified atom stereocenters. The molecule has 4 nitrogen and oxygen atoms in total. The summed E-state index contributed by atoms with van der Waals surface area (Å²) >= 11 is 0. The molecule has 0 aromatic heterocycles. The van der Waals surface area contributed by atoms with Gasteiger partial charge in [0.15, 0.2) is 0 Å². The zero-order valence-electron chi connectivity index (χ0n) is 15.4. The Morgan fingerprint density at radius 1 is 1.16 bits per heavy atom. The predicted molar refractivity (Wildman–Crippen MR) is 99.7 cm³/mol. The number of β-amino-alcohol motifs (C(OH)–C–C–N with tert-alkyl or cyclic N) is 1. The van der Waals surface area contributed by atoms with E-state index in [4.69, 9.17) is 0 Å². The summed E-state index contributed by atoms with van der Waals surface area (Å²) in [6.07, 6.45) is 2.10. The van der Waals surface area contributed by atoms with Crippen molar-refractivity contribution in [3.05, 3.63) is 30.3 Å². The molecule has 2 aliphatic carbocycles. The lowest BCUT2D eigenvalue weighted by Crippen LogP contribution is -2.54. The minimum Gasteiger partial charge on any atom is -0.391 e. The Bertz CT molecular complexity index is 637. The first-order valence-corrected chi connectivity index (χ1v) is 9.69. The number of ketones is 1. The quantitative estimate of drug-likeness (QED) is 0.913. The van der Waals surface area contributed by atoms with Crippen molar-refractivity contribution < 1.29 is 9.90 Å². The average molecular weight is 342 g/mol. The van der Waals surface area contributed by atoms with Gasteiger partial charge in [0.1, 0.15) is 5.78 Å². The summed E-state index contributed by atoms with van der Waals surface area (Å²) in [7, 11) is 0. The second kappa shape index (κ2) is 6.10. The molecule has 3 fully saturated rings. The number of carbonyl (C=O) groups excluding carboxylic acids is 1. The molecule has 1 aromatic carbocycles. The van der Waals surface area contributed by atoms with Gasteiger partial charge in [-0.05, 0) is 36.3 Å². The monoisotopic (exact) mass is 342 g/mol. The zero-order valence-corrected chi connectivity index (χ0v) is 15.4. The van der Waals surface area contributed by atoms with E-state index in [-0.39, 0.29) is 5.41 Å². The third-order valence-electron chi connectivity index (χ3n) is 7.48. The predicted octanol–water partition coefficient (Wildman–Crippen LogP) is 2.56. The summed E-state index contributed by atoms with van der Waals surface area (Å²) in [6.45, 7) is 8.87. The molecule has 1 heterocycles. The Hall–Kier alpha value is -1.39. The molecule has 0 spiro atoms. The number of hydrogen-bond donors (Lipinski definition) is 1. The lowest BCUT2D eigenvalue weighted by atomic mass is 9.65. The van der Waals surface area contributed by atoms with Gasteiger partial charge in [-0.15, -0.1) is 0 Å². The van der Waals surface area contributed by atoms with Crippen molar-refractivity contribution in [1.29, 1.82) is 0 Å². The van der Waals surface area contributed by atoms with E-state index in [1.54, 1.807) is 0 Å². The Balaban J connectivity index is 1.40. The molecule has 1 N–H and O–H groups in total. The van der Waals surface area contributed by atoms with Gasteiger partial charge in [0.05, 0.1) is 11.5 Å². The zero-order chi connectivity index (χ0) is 17.7. The summed E-state index contributed by atoms with van der Waals surface area (Å²) in [5.74, 6) is 0.772. The van der Waals surface area contributed by atoms with Crippen LogP contribution < -0.4 is 4.90 Å². The Kier molecular flexibility index (Phi) is 4.16. The van der Waals surface area contributed by atoms with Crippen molar-refractivity contribution in [3.63, 3.8) is 0 Å². The highest BCUT2D eigenvalue weighted by molar-refractivity contribution is 5.90. The Morgan fingerprint density at radius 2 is 1.84 bits per heavy atom. The van der Waals surface area contributed by atoms with E-state index >= 15 is 0 Å². The van der Waals surface area contributed by atoms with E-state index in [9.17, 15) is 9.90 Å². The minimum absolute atomic E-state index is 0.0602. The Morgan fingerprint density at radius 3 is 2.40 bits per heavy atom. The molecule has 136 valence electrons. The molecule has 2 saturated carbocycles. The number of rotatable bonds is 4. The number of nitrogens with zero attached hydrogens (tertiary/aromatic N) is 2. The summed E-state index contributed by atoms with van der Waals surface area (Å²) in [5, 5.41) is 11.1. The molecule has 3 atom stereocenters. The lowest BCUT2D eigenvalue weighted by molar-refractivity contribution is -0.140. The molecular weight excluding hydrogens is 312 g/mol. The number of carbonyl (C=O) groups is 1. The summed E-state index contributed by atoms with van der Waals surface area (Å²) in [6, 6.07) is 10.5. The number of aliphatic hydroxyl groups is 1. The minimum atomic E-state index is -0.536. The van der Waals surface area contributed by atoms with Crippen LogP contribution in [0.3, 0.4) is 0 Å². The van der Waals surface area contributed by atoms with Gasteiger partial charge in [0.2, 0.25) is 0 Å². The number of Topliss-reactive ketones (excluding diaryl/α,β-unsaturated/α-hetero) is 1. The summed E-state index contributed by atoms with van der Waals surface area (Å²) in [4.78, 5) is 17.4. The third kappa shape index (κ3) is 2.53. The van der Waals surface area contributed by atoms with E-state index < -0.39 is 11.5 Å². The first kappa shape index (κ1) is 17.0. The molecule has 4 heteroatoms. The lowest BCUT2D eigenvalue weighted by Gasteiger charge is -2.44. The standard InChI is InChI=1S/C21H30N2O2/c1-20(2)16-8-9-21(20,18(24)14-16)19(25)15-22-10-12-23(13-11-22)17-6-4-3-5-7-17/h3-7,16,19,25H,8-15H2,1-2H3/t16-,19-,21+/m1/s1. The van der Waals surface area contributed by atoms with E-state index in [1.807, 2.05) is 6.07 Å². The number of aliphatic hydroxyl groups excluding tert-OH is 1. The van der Waals surface area contributed by atoms with Gasteiger partial charge in [-0.2, -0.15) is 0 Å². The van der Waals surface area contributed by atoms with Crippen LogP contribution in [-0.2, 0) is 4.79 Å². The van der Waals surface area contributed by atoms with Gasteiger partial charge in [-0.3, -0.25) is 9.69 Å². The second-order valence-electron chi connectivity index (χ2n) is 8.69. The number of fused-ring (bicyclic) bond motifs is 2. The fraction of sp³-hybridized carbons (Fsp3) is 0.667. The van der Waals surface area contributed by atoms with Gasteiger partial charge in [-0.25, -0.2) is 0 Å². The smallest absolute Gasteiger partial charge is 0.142 e. The fourth-order valence-electron chi connectivity index (χ4n) is 5.72. The molecule has 0 amide bonds. The summed E-state index contributed by atoms with van der Waals surface area (Å²) in [5.41, 5.74) is 0.705. The highest BCUT2D eigenvalue weighted by atomic mass is 16.3. The Labute approximate surface area is 150 Å². The fourth-order valence-corrected chi connectivity index (χ4v) is 5.72. The molecule has 0 radical (unpaired) electrons. The van der Waals surface area contributed by atoms with Crippen molar-refractivity contribution in [3.8, 4) is 0 Å². The number of benzene rings is 1. The van der Waals surface area contributed by atoms with Gasteiger partial charge >= 0.3 is 0 Å². The normalized spacial score (nSPS) is 33.0. The van der Waals surface area contributed by atoms with Gasteiger partial charge < -0.3 is 10.0 Å². The van der Waals surface area contributed by atoms with E-state index in [0.717, 1.165) is 39.0 Å². The number of piperazine rings is 1. The highest BCUT2D eigenvalue weighted by Crippen LogP contribution is 2.65. The first-order valence-electron chi connectivity index (χ1n) is 9.69. The van der Waals surface area contributed by atoms with E-state index in [1.165, 1.54) is 5.69 Å². The van der Waals surface area contributed by atoms with Crippen LogP contribution in [0.1, 0.15) is 33.1 Å². The molecule has 25 heavy (non-hydrogen) atoms. The number of hydrogen-bond acceptors (Lipinski definition) is 4. The van der Waals surface area contributed by atoms with E-state index in [0.29, 0.717) is 24.7 Å². The van der Waals surface area contributed by atoms with Gasteiger partial charge in [0, 0.05) is 44.8 Å². The van der Waals surface area contributed by atoms with Crippen molar-refractivity contribution >= 4 is 11.5 Å². The maximum absolute atomic E-state index is 12.7. The average Bonchev–Trinajstić information content (AvgIpc) is 2.99. The van der Waals surface area contributed by atoms with Crippen LogP contribution in [0.2, 0.25) is 0 Å². The van der Waals surface area contributed by atoms with Gasteiger partial charge in [0.25, 0.3) is 0 Å². The van der Waals surface area contributed by atoms with Crippen LogP contribution in [-0.4, -0.2) is 54.6 Å². The molecular formula is C21H30N2O2. The maximum Gasteiger partial charge on any atom is 0.142 e. The van der Waals surface area contributed by atoms with Crippen molar-refractivity contribution in [2.24, 2.45) is 16.7 Å². The summed E-state index contributed by atoms with van der Waals surface area (Å²) < 4.78 is 0. The molecule has 1 aromatic rings. The van der Waals surface area contributed by atoms with Crippen LogP contribution in [0.5, 0.6) is 0 Å². The number of para-hydroxylation sites is 1. The van der Waals surface area contributed by atoms with Gasteiger partial charge in [-0.1, -0.05) is 32.0 Å². The van der Waals surface area contributed by atoms with Crippen LogP contribution in [0, 0.1) is 16.7 Å². The molecule has 1 aliphatic heterocycles. The first-order chi connectivity index (χ1) is 11.9. The van der Waals surface area contributed by atoms with Crippen LogP contribution in [0.25, 0.3) is 0 Å². The van der Waals surface area contributed by atoms with Crippen LogP contribution in [0.4, 0.5) is 5.69 Å². The second-order valence-corrected chi connectivity index (χ2v) is 8.69. The van der Waals surface area contributed by atoms with Crippen LogP contribution in [0.15, 0.2) is 30.3 Å². The molecule has 1 saturated heterocycles. The largest absolute Gasteiger partial charge is 0.391 e. The molecule has 4 rings (SSSR count). The van der Waals surface area contributed by atoms with E-state index in [2.05, 4.69) is 47.9 Å². The topological polar surface area (TPSA) is 43.8 Å². The van der Waals surface area contributed by atoms with Crippen LogP contribution >= 0.6 is 0 Å².